The second-order valence-corrected chi connectivity index (χ2v) is 7.57. The third-order valence-corrected chi connectivity index (χ3v) is 5.45. The average Bonchev–Trinajstić information content (AvgIpc) is 3.15. The Kier molecular flexibility index (Phi) is 4.63. The van der Waals surface area contributed by atoms with Gasteiger partial charge in [0.05, 0.1) is 17.5 Å². The highest BCUT2D eigenvalue weighted by molar-refractivity contribution is 8.00. The number of carbonyl (C=O) groups excluding carboxylic acids is 1. The molecule has 2 heterocycles. The Balaban J connectivity index is 1.61. The number of carbonyl (C=O) groups is 1. The van der Waals surface area contributed by atoms with Gasteiger partial charge in [-0.15, -0.1) is 11.3 Å². The van der Waals surface area contributed by atoms with Crippen LogP contribution >= 0.6 is 23.1 Å². The Morgan fingerprint density at radius 1 is 1.55 bits per heavy atom. The summed E-state index contributed by atoms with van der Waals surface area (Å²) in [7, 11) is 0. The zero-order valence-electron chi connectivity index (χ0n) is 12.2. The standard InChI is InChI=1S/C15H17N3O2S2/c1-9(13(19)16-8-10-4-3-7-21-10)22-15-17-12-6-2-5-11(12)14(20)18-15/h3-4,7,9H,2,5-6,8H2,1H3,(H,16,19)(H,17,18,20)/t9-/m1/s1. The van der Waals surface area contributed by atoms with E-state index in [0.717, 1.165) is 35.4 Å². The fourth-order valence-electron chi connectivity index (χ4n) is 2.43. The second-order valence-electron chi connectivity index (χ2n) is 5.21. The largest absolute Gasteiger partial charge is 0.350 e. The molecule has 0 unspecified atom stereocenters. The summed E-state index contributed by atoms with van der Waals surface area (Å²) >= 11 is 2.91. The van der Waals surface area contributed by atoms with E-state index in [-0.39, 0.29) is 16.7 Å². The van der Waals surface area contributed by atoms with Gasteiger partial charge < -0.3 is 10.3 Å². The van der Waals surface area contributed by atoms with Crippen molar-refractivity contribution in [3.8, 4) is 0 Å². The summed E-state index contributed by atoms with van der Waals surface area (Å²) in [4.78, 5) is 32.4. The minimum Gasteiger partial charge on any atom is -0.350 e. The van der Waals surface area contributed by atoms with Crippen LogP contribution in [0.3, 0.4) is 0 Å². The van der Waals surface area contributed by atoms with Crippen molar-refractivity contribution in [2.75, 3.05) is 0 Å². The zero-order valence-corrected chi connectivity index (χ0v) is 13.9. The van der Waals surface area contributed by atoms with Gasteiger partial charge in [-0.25, -0.2) is 4.98 Å². The molecule has 0 radical (unpaired) electrons. The number of rotatable bonds is 5. The second kappa shape index (κ2) is 6.66. The highest BCUT2D eigenvalue weighted by Crippen LogP contribution is 2.22. The number of H-pyrrole nitrogens is 1. The molecule has 0 bridgehead atoms. The van der Waals surface area contributed by atoms with E-state index in [9.17, 15) is 9.59 Å². The highest BCUT2D eigenvalue weighted by atomic mass is 32.2. The number of aromatic amines is 1. The Hall–Kier alpha value is -1.60. The minimum atomic E-state index is -0.303. The van der Waals surface area contributed by atoms with E-state index >= 15 is 0 Å². The maximum atomic E-state index is 12.1. The van der Waals surface area contributed by atoms with E-state index in [2.05, 4.69) is 15.3 Å². The Labute approximate surface area is 136 Å². The molecular formula is C15H17N3O2S2. The summed E-state index contributed by atoms with van der Waals surface area (Å²) in [5.41, 5.74) is 1.63. The molecule has 0 saturated heterocycles. The summed E-state index contributed by atoms with van der Waals surface area (Å²) in [6.07, 6.45) is 2.64. The number of thiophene rings is 1. The maximum absolute atomic E-state index is 12.1. The van der Waals surface area contributed by atoms with Crippen molar-refractivity contribution in [2.45, 2.75) is 43.1 Å². The van der Waals surface area contributed by atoms with E-state index < -0.39 is 0 Å². The van der Waals surface area contributed by atoms with Crippen molar-refractivity contribution in [3.63, 3.8) is 0 Å². The molecule has 1 amide bonds. The Morgan fingerprint density at radius 3 is 3.18 bits per heavy atom. The number of nitrogens with zero attached hydrogens (tertiary/aromatic N) is 1. The maximum Gasteiger partial charge on any atom is 0.254 e. The van der Waals surface area contributed by atoms with Crippen LogP contribution < -0.4 is 10.9 Å². The minimum absolute atomic E-state index is 0.0541. The molecule has 2 N–H and O–H groups in total. The third-order valence-electron chi connectivity index (χ3n) is 3.59. The van der Waals surface area contributed by atoms with E-state index in [0.29, 0.717) is 11.7 Å². The van der Waals surface area contributed by atoms with Crippen LogP contribution in [0.5, 0.6) is 0 Å². The summed E-state index contributed by atoms with van der Waals surface area (Å²) < 4.78 is 0. The number of thioether (sulfide) groups is 1. The molecule has 5 nitrogen and oxygen atoms in total. The molecule has 22 heavy (non-hydrogen) atoms. The molecule has 2 aromatic rings. The quantitative estimate of drug-likeness (QED) is 0.648. The summed E-state index contributed by atoms with van der Waals surface area (Å²) in [6, 6.07) is 3.95. The monoisotopic (exact) mass is 335 g/mol. The molecule has 3 rings (SSSR count). The predicted octanol–water partition coefficient (Wildman–Crippen LogP) is 2.12. The van der Waals surface area contributed by atoms with E-state index in [1.807, 2.05) is 24.4 Å². The first-order chi connectivity index (χ1) is 10.6. The molecule has 0 aliphatic heterocycles. The predicted molar refractivity (Wildman–Crippen MR) is 88.4 cm³/mol. The summed E-state index contributed by atoms with van der Waals surface area (Å²) in [5.74, 6) is -0.0541. The molecule has 1 aliphatic rings. The van der Waals surface area contributed by atoms with Gasteiger partial charge in [0.15, 0.2) is 5.16 Å². The smallest absolute Gasteiger partial charge is 0.254 e. The van der Waals surface area contributed by atoms with E-state index in [1.54, 1.807) is 11.3 Å². The molecule has 1 aliphatic carbocycles. The Bertz CT molecular complexity index is 725. The normalized spacial score (nSPS) is 14.6. The van der Waals surface area contributed by atoms with Crippen molar-refractivity contribution >= 4 is 29.0 Å². The number of aromatic nitrogens is 2. The van der Waals surface area contributed by atoms with E-state index in [4.69, 9.17) is 0 Å². The van der Waals surface area contributed by atoms with Gasteiger partial charge in [0, 0.05) is 10.4 Å². The summed E-state index contributed by atoms with van der Waals surface area (Å²) in [6.45, 7) is 2.36. The molecule has 116 valence electrons. The number of amides is 1. The van der Waals surface area contributed by atoms with Gasteiger partial charge in [-0.1, -0.05) is 17.8 Å². The summed E-state index contributed by atoms with van der Waals surface area (Å²) in [5, 5.41) is 5.12. The molecule has 2 aromatic heterocycles. The van der Waals surface area contributed by atoms with Crippen LogP contribution in [0.1, 0.15) is 29.5 Å². The number of nitrogens with one attached hydrogen (secondary N) is 2. The van der Waals surface area contributed by atoms with Gasteiger partial charge in [-0.2, -0.15) is 0 Å². The van der Waals surface area contributed by atoms with E-state index in [1.165, 1.54) is 11.8 Å². The van der Waals surface area contributed by atoms with Gasteiger partial charge in [0.2, 0.25) is 5.91 Å². The topological polar surface area (TPSA) is 74.8 Å². The van der Waals surface area contributed by atoms with Crippen LogP contribution in [0.2, 0.25) is 0 Å². The molecule has 1 atom stereocenters. The van der Waals surface area contributed by atoms with Crippen LogP contribution in [0, 0.1) is 0 Å². The van der Waals surface area contributed by atoms with Gasteiger partial charge in [-0.05, 0) is 37.6 Å². The van der Waals surface area contributed by atoms with Crippen molar-refractivity contribution in [3.05, 3.63) is 44.0 Å². The molecule has 7 heteroatoms. The molecule has 0 aromatic carbocycles. The zero-order chi connectivity index (χ0) is 15.5. The van der Waals surface area contributed by atoms with Crippen LogP contribution in [0.15, 0.2) is 27.5 Å². The molecular weight excluding hydrogens is 318 g/mol. The first-order valence-electron chi connectivity index (χ1n) is 7.22. The highest BCUT2D eigenvalue weighted by Gasteiger charge is 2.20. The first kappa shape index (κ1) is 15.3. The first-order valence-corrected chi connectivity index (χ1v) is 8.98. The lowest BCUT2D eigenvalue weighted by atomic mass is 10.3. The van der Waals surface area contributed by atoms with Crippen molar-refractivity contribution in [2.24, 2.45) is 0 Å². The molecule has 0 spiro atoms. The van der Waals surface area contributed by atoms with Crippen LogP contribution in [0.25, 0.3) is 0 Å². The average molecular weight is 335 g/mol. The van der Waals surface area contributed by atoms with Gasteiger partial charge in [0.1, 0.15) is 0 Å². The third kappa shape index (κ3) is 3.41. The van der Waals surface area contributed by atoms with Crippen LogP contribution in [-0.4, -0.2) is 21.1 Å². The molecule has 0 fully saturated rings. The lowest BCUT2D eigenvalue weighted by Crippen LogP contribution is -2.30. The van der Waals surface area contributed by atoms with Crippen LogP contribution in [-0.2, 0) is 24.2 Å². The fraction of sp³-hybridized carbons (Fsp3) is 0.400. The van der Waals surface area contributed by atoms with Gasteiger partial charge in [0.25, 0.3) is 5.56 Å². The Morgan fingerprint density at radius 2 is 2.41 bits per heavy atom. The number of hydrogen-bond acceptors (Lipinski definition) is 5. The van der Waals surface area contributed by atoms with Crippen molar-refractivity contribution < 1.29 is 4.79 Å². The van der Waals surface area contributed by atoms with Crippen molar-refractivity contribution in [1.82, 2.24) is 15.3 Å². The van der Waals surface area contributed by atoms with Crippen LogP contribution in [0.4, 0.5) is 0 Å². The number of aryl methyl sites for hydroxylation is 1. The number of hydrogen-bond donors (Lipinski definition) is 2. The lowest BCUT2D eigenvalue weighted by Gasteiger charge is -2.11. The molecule has 0 saturated carbocycles. The number of fused-ring (bicyclic) bond motifs is 1. The fourth-order valence-corrected chi connectivity index (χ4v) is 3.91. The van der Waals surface area contributed by atoms with Crippen molar-refractivity contribution in [1.29, 1.82) is 0 Å². The SMILES string of the molecule is C[C@@H](Sc1nc2c(c(=O)[nH]1)CCC2)C(=O)NCc1cccs1. The van der Waals surface area contributed by atoms with Gasteiger partial charge >= 0.3 is 0 Å². The van der Waals surface area contributed by atoms with Gasteiger partial charge in [-0.3, -0.25) is 9.59 Å². The lowest BCUT2D eigenvalue weighted by molar-refractivity contribution is -0.120.